The molecule has 0 saturated carbocycles. The minimum atomic E-state index is -4.48. The molecular formula is C13H25F3O2. The predicted octanol–water partition coefficient (Wildman–Crippen LogP) is 4.07. The van der Waals surface area contributed by atoms with E-state index in [9.17, 15) is 13.2 Å². The highest BCUT2D eigenvalue weighted by molar-refractivity contribution is 4.64. The molecule has 0 saturated heterocycles. The lowest BCUT2D eigenvalue weighted by molar-refractivity contribution is -0.205. The third-order valence-corrected chi connectivity index (χ3v) is 2.79. The Hall–Kier alpha value is -0.290. The summed E-state index contributed by atoms with van der Waals surface area (Å²) in [5, 5.41) is 8.75. The van der Waals surface area contributed by atoms with Gasteiger partial charge in [0.25, 0.3) is 0 Å². The summed E-state index contributed by atoms with van der Waals surface area (Å²) >= 11 is 0. The highest BCUT2D eigenvalue weighted by Gasteiger charge is 2.37. The van der Waals surface area contributed by atoms with Crippen molar-refractivity contribution >= 4 is 0 Å². The number of rotatable bonds is 11. The van der Waals surface area contributed by atoms with E-state index in [0.29, 0.717) is 19.4 Å². The van der Waals surface area contributed by atoms with Crippen LogP contribution >= 0.6 is 0 Å². The molecule has 0 aromatic rings. The van der Waals surface area contributed by atoms with Crippen molar-refractivity contribution in [3.8, 4) is 0 Å². The SMILES string of the molecule is CCCCCCOCCCCCC(O)C(F)(F)F. The van der Waals surface area contributed by atoms with E-state index >= 15 is 0 Å². The molecule has 1 atom stereocenters. The second kappa shape index (κ2) is 10.6. The van der Waals surface area contributed by atoms with Crippen LogP contribution < -0.4 is 0 Å². The monoisotopic (exact) mass is 270 g/mol. The molecule has 2 nitrogen and oxygen atoms in total. The molecule has 0 amide bonds. The van der Waals surface area contributed by atoms with Gasteiger partial charge < -0.3 is 9.84 Å². The van der Waals surface area contributed by atoms with Crippen molar-refractivity contribution in [1.29, 1.82) is 0 Å². The van der Waals surface area contributed by atoms with Crippen molar-refractivity contribution in [2.75, 3.05) is 13.2 Å². The first kappa shape index (κ1) is 17.7. The van der Waals surface area contributed by atoms with Gasteiger partial charge in [0.15, 0.2) is 0 Å². The van der Waals surface area contributed by atoms with Gasteiger partial charge in [-0.15, -0.1) is 0 Å². The lowest BCUT2D eigenvalue weighted by Crippen LogP contribution is -2.28. The summed E-state index contributed by atoms with van der Waals surface area (Å²) in [5.41, 5.74) is 0. The van der Waals surface area contributed by atoms with Crippen LogP contribution in [-0.2, 0) is 4.74 Å². The Balaban J connectivity index is 3.17. The van der Waals surface area contributed by atoms with Crippen LogP contribution in [0.15, 0.2) is 0 Å². The standard InChI is InChI=1S/C13H25F3O2/c1-2-3-4-7-10-18-11-8-5-6-9-12(17)13(14,15)16/h12,17H,2-11H2,1H3. The van der Waals surface area contributed by atoms with Crippen molar-refractivity contribution < 1.29 is 23.0 Å². The molecular weight excluding hydrogens is 245 g/mol. The molecule has 18 heavy (non-hydrogen) atoms. The second-order valence-electron chi connectivity index (χ2n) is 4.58. The Morgan fingerprint density at radius 3 is 2.00 bits per heavy atom. The van der Waals surface area contributed by atoms with Gasteiger partial charge in [0.05, 0.1) is 0 Å². The van der Waals surface area contributed by atoms with E-state index < -0.39 is 12.3 Å². The molecule has 0 rings (SSSR count). The third-order valence-electron chi connectivity index (χ3n) is 2.79. The van der Waals surface area contributed by atoms with Gasteiger partial charge >= 0.3 is 6.18 Å². The smallest absolute Gasteiger partial charge is 0.384 e. The zero-order valence-corrected chi connectivity index (χ0v) is 11.1. The summed E-state index contributed by atoms with van der Waals surface area (Å²) in [4.78, 5) is 0. The Kier molecular flexibility index (Phi) is 10.4. The Morgan fingerprint density at radius 1 is 0.944 bits per heavy atom. The number of unbranched alkanes of at least 4 members (excludes halogenated alkanes) is 5. The topological polar surface area (TPSA) is 29.5 Å². The van der Waals surface area contributed by atoms with Crippen LogP contribution in [0.4, 0.5) is 13.2 Å². The number of alkyl halides is 3. The summed E-state index contributed by atoms with van der Waals surface area (Å²) in [6.45, 7) is 3.50. The maximum absolute atomic E-state index is 12.0. The zero-order valence-electron chi connectivity index (χ0n) is 11.1. The summed E-state index contributed by atoms with van der Waals surface area (Å²) in [7, 11) is 0. The van der Waals surface area contributed by atoms with Gasteiger partial charge in [0.2, 0.25) is 0 Å². The van der Waals surface area contributed by atoms with Crippen LogP contribution in [0.1, 0.15) is 58.3 Å². The van der Waals surface area contributed by atoms with Gasteiger partial charge in [-0.2, -0.15) is 13.2 Å². The third kappa shape index (κ3) is 10.8. The quantitative estimate of drug-likeness (QED) is 0.573. The molecule has 0 radical (unpaired) electrons. The maximum atomic E-state index is 12.0. The molecule has 0 bridgehead atoms. The first-order chi connectivity index (χ1) is 8.48. The minimum absolute atomic E-state index is 0.208. The lowest BCUT2D eigenvalue weighted by Gasteiger charge is -2.13. The van der Waals surface area contributed by atoms with Crippen LogP contribution in [0.25, 0.3) is 0 Å². The summed E-state index contributed by atoms with van der Waals surface area (Å²) in [5.74, 6) is 0. The highest BCUT2D eigenvalue weighted by Crippen LogP contribution is 2.23. The van der Waals surface area contributed by atoms with Crippen molar-refractivity contribution in [2.45, 2.75) is 70.6 Å². The molecule has 0 aliphatic rings. The van der Waals surface area contributed by atoms with Crippen molar-refractivity contribution in [3.63, 3.8) is 0 Å². The number of aliphatic hydroxyl groups excluding tert-OH is 1. The molecule has 0 aliphatic heterocycles. The summed E-state index contributed by atoms with van der Waals surface area (Å²) < 4.78 is 41.2. The molecule has 1 unspecified atom stereocenters. The van der Waals surface area contributed by atoms with E-state index in [1.54, 1.807) is 0 Å². The zero-order chi connectivity index (χ0) is 13.9. The average molecular weight is 270 g/mol. The highest BCUT2D eigenvalue weighted by atomic mass is 19.4. The largest absolute Gasteiger partial charge is 0.414 e. The van der Waals surface area contributed by atoms with E-state index in [-0.39, 0.29) is 6.42 Å². The van der Waals surface area contributed by atoms with Crippen molar-refractivity contribution in [3.05, 3.63) is 0 Å². The molecule has 0 heterocycles. The van der Waals surface area contributed by atoms with Crippen molar-refractivity contribution in [1.82, 2.24) is 0 Å². The van der Waals surface area contributed by atoms with E-state index in [1.165, 1.54) is 19.3 Å². The maximum Gasteiger partial charge on any atom is 0.414 e. The molecule has 0 aromatic heterocycles. The number of hydrogen-bond acceptors (Lipinski definition) is 2. The first-order valence-electron chi connectivity index (χ1n) is 6.81. The number of hydrogen-bond donors (Lipinski definition) is 1. The molecule has 0 aromatic carbocycles. The Bertz CT molecular complexity index is 184. The van der Waals surface area contributed by atoms with Crippen LogP contribution in [-0.4, -0.2) is 30.6 Å². The molecule has 0 spiro atoms. The number of halogens is 3. The van der Waals surface area contributed by atoms with Gasteiger partial charge in [0, 0.05) is 13.2 Å². The average Bonchev–Trinajstić information content (AvgIpc) is 2.30. The number of ether oxygens (including phenoxy) is 1. The first-order valence-corrected chi connectivity index (χ1v) is 6.81. The number of aliphatic hydroxyl groups is 1. The predicted molar refractivity (Wildman–Crippen MR) is 65.5 cm³/mol. The molecule has 5 heteroatoms. The normalized spacial score (nSPS) is 13.8. The lowest BCUT2D eigenvalue weighted by atomic mass is 10.1. The van der Waals surface area contributed by atoms with Crippen LogP contribution in [0, 0.1) is 0 Å². The van der Waals surface area contributed by atoms with Gasteiger partial charge in [0.1, 0.15) is 6.10 Å². The molecule has 0 aliphatic carbocycles. The fourth-order valence-corrected chi connectivity index (χ4v) is 1.62. The van der Waals surface area contributed by atoms with E-state index in [0.717, 1.165) is 19.4 Å². The van der Waals surface area contributed by atoms with Gasteiger partial charge in [-0.25, -0.2) is 0 Å². The van der Waals surface area contributed by atoms with Crippen LogP contribution in [0.3, 0.4) is 0 Å². The van der Waals surface area contributed by atoms with Crippen LogP contribution in [0.2, 0.25) is 0 Å². The summed E-state index contributed by atoms with van der Waals surface area (Å²) in [6, 6.07) is 0. The van der Waals surface area contributed by atoms with Gasteiger partial charge in [-0.1, -0.05) is 39.0 Å². The van der Waals surface area contributed by atoms with E-state index in [2.05, 4.69) is 6.92 Å². The summed E-state index contributed by atoms with van der Waals surface area (Å²) in [6.07, 6.45) is -0.391. The second-order valence-corrected chi connectivity index (χ2v) is 4.58. The molecule has 1 N–H and O–H groups in total. The Morgan fingerprint density at radius 2 is 1.50 bits per heavy atom. The fourth-order valence-electron chi connectivity index (χ4n) is 1.62. The van der Waals surface area contributed by atoms with Crippen LogP contribution in [0.5, 0.6) is 0 Å². The fraction of sp³-hybridized carbons (Fsp3) is 1.00. The van der Waals surface area contributed by atoms with Crippen molar-refractivity contribution in [2.24, 2.45) is 0 Å². The minimum Gasteiger partial charge on any atom is -0.384 e. The van der Waals surface area contributed by atoms with E-state index in [1.807, 2.05) is 0 Å². The van der Waals surface area contributed by atoms with Gasteiger partial charge in [-0.05, 0) is 19.3 Å². The Labute approximate surface area is 108 Å². The van der Waals surface area contributed by atoms with Gasteiger partial charge in [-0.3, -0.25) is 0 Å². The van der Waals surface area contributed by atoms with E-state index in [4.69, 9.17) is 9.84 Å². The molecule has 0 fully saturated rings. The molecule has 110 valence electrons.